The van der Waals surface area contributed by atoms with Gasteiger partial charge in [-0.1, -0.05) is 53.7 Å². The van der Waals surface area contributed by atoms with Gasteiger partial charge in [0.1, 0.15) is 0 Å². The molecule has 0 unspecified atom stereocenters. The van der Waals surface area contributed by atoms with E-state index in [0.29, 0.717) is 0 Å². The first-order valence-electron chi connectivity index (χ1n) is 10.7. The van der Waals surface area contributed by atoms with Crippen molar-refractivity contribution in [3.63, 3.8) is 0 Å². The molecule has 0 atom stereocenters. The van der Waals surface area contributed by atoms with Crippen LogP contribution in [0.3, 0.4) is 0 Å². The van der Waals surface area contributed by atoms with E-state index in [4.69, 9.17) is 0 Å². The van der Waals surface area contributed by atoms with Crippen molar-refractivity contribution in [3.05, 3.63) is 83.9 Å². The molecule has 0 spiro atoms. The van der Waals surface area contributed by atoms with Gasteiger partial charge in [0.25, 0.3) is 0 Å². The maximum absolute atomic E-state index is 2.33. The van der Waals surface area contributed by atoms with Crippen LogP contribution in [0.2, 0.25) is 13.1 Å². The van der Waals surface area contributed by atoms with Gasteiger partial charge in [-0.3, -0.25) is 0 Å². The van der Waals surface area contributed by atoms with Crippen LogP contribution in [0.15, 0.2) is 72.8 Å². The van der Waals surface area contributed by atoms with Gasteiger partial charge in [-0.15, -0.1) is 81.2 Å². The maximum Gasteiger partial charge on any atom is -1.00 e. The third-order valence-electron chi connectivity index (χ3n) is 4.97. The van der Waals surface area contributed by atoms with Crippen molar-refractivity contribution in [3.8, 4) is 0 Å². The van der Waals surface area contributed by atoms with Gasteiger partial charge < -0.3 is 24.8 Å². The van der Waals surface area contributed by atoms with Gasteiger partial charge in [-0.25, -0.2) is 0 Å². The Hall–Kier alpha value is -0.673. The standard InChI is InChI=1S/2C13H15.C2H6Si.2ClH.Hf/c2*1-13(2,3)12-8-10-6-4-5-7-11(10)9-12;1-3-2;;;/h2*4-9H,1-3H3;1-2H3;2*1H;/q2*-1;;;;+2/p-2. The molecule has 0 saturated carbocycles. The smallest absolute Gasteiger partial charge is 1.00 e. The van der Waals surface area contributed by atoms with Gasteiger partial charge in [-0.2, -0.15) is 12.1 Å². The van der Waals surface area contributed by atoms with E-state index < -0.39 is 0 Å². The molecule has 0 fully saturated rings. The summed E-state index contributed by atoms with van der Waals surface area (Å²) in [5.74, 6) is 0. The Morgan fingerprint density at radius 1 is 0.625 bits per heavy atom. The van der Waals surface area contributed by atoms with Crippen LogP contribution >= 0.6 is 0 Å². The molecule has 0 nitrogen and oxygen atoms in total. The van der Waals surface area contributed by atoms with E-state index in [2.05, 4.69) is 127 Å². The molecule has 172 valence electrons. The predicted octanol–water partition coefficient (Wildman–Crippen LogP) is 2.50. The zero-order valence-electron chi connectivity index (χ0n) is 20.7. The predicted molar refractivity (Wildman–Crippen MR) is 134 cm³/mol. The van der Waals surface area contributed by atoms with E-state index >= 15 is 0 Å². The first kappa shape index (κ1) is 31.3. The van der Waals surface area contributed by atoms with Crippen LogP contribution in [0.5, 0.6) is 0 Å². The number of rotatable bonds is 0. The summed E-state index contributed by atoms with van der Waals surface area (Å²) < 4.78 is 0. The van der Waals surface area contributed by atoms with Crippen molar-refractivity contribution in [1.82, 2.24) is 0 Å². The van der Waals surface area contributed by atoms with Crippen molar-refractivity contribution in [2.45, 2.75) is 65.5 Å². The summed E-state index contributed by atoms with van der Waals surface area (Å²) in [6.07, 6.45) is 0. The fourth-order valence-electron chi connectivity index (χ4n) is 3.17. The van der Waals surface area contributed by atoms with Crippen LogP contribution in [0, 0.1) is 0 Å². The summed E-state index contributed by atoms with van der Waals surface area (Å²) in [6.45, 7) is 18.2. The molecule has 0 saturated heterocycles. The van der Waals surface area contributed by atoms with E-state index in [1.807, 2.05) is 0 Å². The average Bonchev–Trinajstić information content (AvgIpc) is 3.25. The molecule has 4 aromatic rings. The van der Waals surface area contributed by atoms with Crippen molar-refractivity contribution >= 4 is 27.0 Å². The maximum atomic E-state index is 2.33. The largest absolute Gasteiger partial charge is 1.00 e. The summed E-state index contributed by atoms with van der Waals surface area (Å²) in [4.78, 5) is 0. The number of hydrogen-bond donors (Lipinski definition) is 0. The molecule has 0 aromatic heterocycles. The minimum Gasteiger partial charge on any atom is -1.00 e. The molecule has 4 rings (SSSR count). The van der Waals surface area contributed by atoms with Gasteiger partial charge in [0.2, 0.25) is 0 Å². The van der Waals surface area contributed by atoms with E-state index in [1.165, 1.54) is 55.7 Å². The van der Waals surface area contributed by atoms with Gasteiger partial charge in [0.15, 0.2) is 0 Å². The SMILES string of the molecule is CC(C)(C)c1cc2ccccc2[cH-]1.CC(C)(C)c1cc2ccccc2[cH-]1.C[Si](C)=[Hf+2].[Cl-].[Cl-]. The number of halogens is 2. The van der Waals surface area contributed by atoms with Gasteiger partial charge in [0.05, 0.1) is 0 Å². The molecule has 0 amide bonds. The summed E-state index contributed by atoms with van der Waals surface area (Å²) in [6, 6.07) is 26.2. The van der Waals surface area contributed by atoms with Crippen LogP contribution in [0.25, 0.3) is 21.5 Å². The van der Waals surface area contributed by atoms with Gasteiger partial charge in [-0.05, 0) is 10.8 Å². The van der Waals surface area contributed by atoms with E-state index in [0.717, 1.165) is 0 Å². The molecule has 0 heterocycles. The van der Waals surface area contributed by atoms with E-state index in [-0.39, 0.29) is 41.1 Å². The molecule has 4 heteroatoms. The van der Waals surface area contributed by atoms with Crippen molar-refractivity contribution in [1.29, 1.82) is 0 Å². The molecular weight excluding hydrogens is 614 g/mol. The fourth-order valence-corrected chi connectivity index (χ4v) is 3.17. The van der Waals surface area contributed by atoms with E-state index in [1.54, 1.807) is 0 Å². The summed E-state index contributed by atoms with van der Waals surface area (Å²) in [5, 5.41) is 5.42. The van der Waals surface area contributed by atoms with Gasteiger partial charge in [0, 0.05) is 0 Å². The Labute approximate surface area is 222 Å². The Morgan fingerprint density at radius 2 is 0.906 bits per heavy atom. The average molecular weight is 650 g/mol. The van der Waals surface area contributed by atoms with Crippen LogP contribution < -0.4 is 24.8 Å². The molecule has 0 aliphatic heterocycles. The van der Waals surface area contributed by atoms with Crippen molar-refractivity contribution < 1.29 is 47.8 Å². The van der Waals surface area contributed by atoms with Crippen molar-refractivity contribution in [2.24, 2.45) is 0 Å². The normalized spacial score (nSPS) is 10.8. The fraction of sp³-hybridized carbons (Fsp3) is 0.357. The molecule has 0 aliphatic carbocycles. The number of benzene rings is 2. The molecule has 0 radical (unpaired) electrons. The van der Waals surface area contributed by atoms with Crippen molar-refractivity contribution in [2.75, 3.05) is 0 Å². The summed E-state index contributed by atoms with van der Waals surface area (Å²) in [5.41, 5.74) is 3.63. The Morgan fingerprint density at radius 3 is 1.16 bits per heavy atom. The third kappa shape index (κ3) is 9.67. The molecule has 0 N–H and O–H groups in total. The van der Waals surface area contributed by atoms with Crippen LogP contribution in [-0.4, -0.2) is 5.49 Å². The first-order valence-corrected chi connectivity index (χ1v) is 18.6. The zero-order chi connectivity index (χ0) is 22.5. The van der Waals surface area contributed by atoms with Gasteiger partial charge >= 0.3 is 41.6 Å². The monoisotopic (exact) mass is 650 g/mol. The van der Waals surface area contributed by atoms with Crippen LogP contribution in [0.4, 0.5) is 0 Å². The Balaban J connectivity index is 0.000000490. The Bertz CT molecular complexity index is 954. The first-order chi connectivity index (χ1) is 13.9. The molecular formula is C28H36Cl2HfSi-2. The quantitative estimate of drug-likeness (QED) is 0.203. The topological polar surface area (TPSA) is 0 Å². The second-order valence-corrected chi connectivity index (χ2v) is 23.0. The van der Waals surface area contributed by atoms with Crippen LogP contribution in [0.1, 0.15) is 52.7 Å². The van der Waals surface area contributed by atoms with E-state index in [9.17, 15) is 0 Å². The molecule has 0 aliphatic rings. The molecule has 0 bridgehead atoms. The zero-order valence-corrected chi connectivity index (χ0v) is 26.8. The minimum atomic E-state index is 0. The summed E-state index contributed by atoms with van der Waals surface area (Å²) in [7, 11) is 0. The molecule has 32 heavy (non-hydrogen) atoms. The Kier molecular flexibility index (Phi) is 13.0. The second-order valence-electron chi connectivity index (χ2n) is 10.2. The third-order valence-corrected chi connectivity index (χ3v) is 4.97. The molecule has 4 aromatic carbocycles. The number of hydrogen-bond acceptors (Lipinski definition) is 0. The van der Waals surface area contributed by atoms with Crippen LogP contribution in [-0.2, 0) is 33.8 Å². The summed E-state index contributed by atoms with van der Waals surface area (Å²) >= 11 is 1.45. The minimum absolute atomic E-state index is 0. The second kappa shape index (κ2) is 13.3. The number of fused-ring (bicyclic) bond motifs is 2.